The van der Waals surface area contributed by atoms with Gasteiger partial charge < -0.3 is 16.2 Å². The average molecular weight is 247 g/mol. The molecule has 4 N–H and O–H groups in total. The fourth-order valence-electron chi connectivity index (χ4n) is 1.36. The zero-order valence-electron chi connectivity index (χ0n) is 9.22. The Bertz CT molecular complexity index is 584. The number of carboxylic acid groups (broad SMARTS) is 1. The third-order valence-electron chi connectivity index (χ3n) is 2.25. The summed E-state index contributed by atoms with van der Waals surface area (Å²) in [5.74, 6) is -1.28. The van der Waals surface area contributed by atoms with Crippen LogP contribution in [0, 0.1) is 5.82 Å². The minimum Gasteiger partial charge on any atom is -0.477 e. The van der Waals surface area contributed by atoms with Gasteiger partial charge in [-0.2, -0.15) is 0 Å². The fourth-order valence-corrected chi connectivity index (χ4v) is 1.36. The Balaban J connectivity index is 2.30. The van der Waals surface area contributed by atoms with Crippen molar-refractivity contribution in [3.8, 4) is 0 Å². The molecule has 92 valence electrons. The monoisotopic (exact) mass is 247 g/mol. The van der Waals surface area contributed by atoms with Gasteiger partial charge >= 0.3 is 5.97 Å². The molecule has 0 unspecified atom stereocenters. The number of pyridine rings is 1. The lowest BCUT2D eigenvalue weighted by Gasteiger charge is -2.08. The van der Waals surface area contributed by atoms with Gasteiger partial charge in [0.25, 0.3) is 0 Å². The van der Waals surface area contributed by atoms with Gasteiger partial charge in [-0.3, -0.25) is 0 Å². The summed E-state index contributed by atoms with van der Waals surface area (Å²) in [5.41, 5.74) is 6.44. The molecular formula is C12H10FN3O2. The highest BCUT2D eigenvalue weighted by Crippen LogP contribution is 2.21. The van der Waals surface area contributed by atoms with Gasteiger partial charge in [-0.1, -0.05) is 0 Å². The van der Waals surface area contributed by atoms with Crippen molar-refractivity contribution >= 4 is 23.2 Å². The fraction of sp³-hybridized carbons (Fsp3) is 0. The number of nitrogens with zero attached hydrogens (tertiary/aromatic N) is 1. The van der Waals surface area contributed by atoms with Crippen molar-refractivity contribution in [1.29, 1.82) is 0 Å². The Morgan fingerprint density at radius 2 is 1.89 bits per heavy atom. The van der Waals surface area contributed by atoms with E-state index < -0.39 is 5.97 Å². The second-order valence-corrected chi connectivity index (χ2v) is 3.57. The SMILES string of the molecule is Nc1ccc(C(=O)O)nc1Nc1ccc(F)cc1. The molecule has 0 saturated heterocycles. The van der Waals surface area contributed by atoms with Gasteiger partial charge in [0.05, 0.1) is 5.69 Å². The number of carboxylic acids is 1. The molecule has 1 aromatic heterocycles. The van der Waals surface area contributed by atoms with Crippen molar-refractivity contribution in [2.45, 2.75) is 0 Å². The van der Waals surface area contributed by atoms with E-state index in [9.17, 15) is 9.18 Å². The Morgan fingerprint density at radius 1 is 1.22 bits per heavy atom. The summed E-state index contributed by atoms with van der Waals surface area (Å²) in [6, 6.07) is 8.32. The normalized spacial score (nSPS) is 10.1. The molecular weight excluding hydrogens is 237 g/mol. The topological polar surface area (TPSA) is 88.2 Å². The molecule has 6 heteroatoms. The molecule has 18 heavy (non-hydrogen) atoms. The number of anilines is 3. The summed E-state index contributed by atoms with van der Waals surface area (Å²) >= 11 is 0. The van der Waals surface area contributed by atoms with E-state index in [0.717, 1.165) is 0 Å². The molecule has 0 atom stereocenters. The van der Waals surface area contributed by atoms with Crippen LogP contribution in [0.4, 0.5) is 21.6 Å². The lowest BCUT2D eigenvalue weighted by Crippen LogP contribution is -2.05. The number of halogens is 1. The predicted molar refractivity (Wildman–Crippen MR) is 65.3 cm³/mol. The number of aromatic carboxylic acids is 1. The van der Waals surface area contributed by atoms with Crippen LogP contribution in [0.3, 0.4) is 0 Å². The summed E-state index contributed by atoms with van der Waals surface area (Å²) in [6.07, 6.45) is 0. The van der Waals surface area contributed by atoms with Gasteiger partial charge in [0.1, 0.15) is 5.82 Å². The molecule has 1 aromatic carbocycles. The van der Waals surface area contributed by atoms with Gasteiger partial charge in [0.2, 0.25) is 0 Å². The number of nitrogens with two attached hydrogens (primary N) is 1. The standard InChI is InChI=1S/C12H10FN3O2/c13-7-1-3-8(4-2-7)15-11-9(14)5-6-10(16-11)12(17)18/h1-6H,14H2,(H,15,16)(H,17,18). The minimum absolute atomic E-state index is 0.117. The average Bonchev–Trinajstić information content (AvgIpc) is 2.34. The lowest BCUT2D eigenvalue weighted by molar-refractivity contribution is 0.0690. The first-order valence-electron chi connectivity index (χ1n) is 5.08. The third kappa shape index (κ3) is 2.54. The highest BCUT2D eigenvalue weighted by Gasteiger charge is 2.08. The summed E-state index contributed by atoms with van der Waals surface area (Å²) in [7, 11) is 0. The number of hydrogen-bond donors (Lipinski definition) is 3. The first kappa shape index (κ1) is 11.8. The van der Waals surface area contributed by atoms with E-state index in [0.29, 0.717) is 11.4 Å². The Morgan fingerprint density at radius 3 is 2.50 bits per heavy atom. The van der Waals surface area contributed by atoms with Gasteiger partial charge in [-0.25, -0.2) is 14.2 Å². The van der Waals surface area contributed by atoms with Gasteiger partial charge in [-0.05, 0) is 36.4 Å². The molecule has 0 radical (unpaired) electrons. The third-order valence-corrected chi connectivity index (χ3v) is 2.25. The molecule has 2 aromatic rings. The second-order valence-electron chi connectivity index (χ2n) is 3.57. The number of nitrogens with one attached hydrogen (secondary N) is 1. The van der Waals surface area contributed by atoms with Crippen LogP contribution in [0.2, 0.25) is 0 Å². The maximum atomic E-state index is 12.7. The zero-order chi connectivity index (χ0) is 13.1. The van der Waals surface area contributed by atoms with E-state index in [-0.39, 0.29) is 17.3 Å². The Labute approximate surface area is 102 Å². The number of nitrogen functional groups attached to an aromatic ring is 1. The molecule has 0 saturated carbocycles. The van der Waals surface area contributed by atoms with Crippen LogP contribution in [0.5, 0.6) is 0 Å². The molecule has 0 aliphatic carbocycles. The molecule has 2 rings (SSSR count). The van der Waals surface area contributed by atoms with E-state index in [2.05, 4.69) is 10.3 Å². The molecule has 1 heterocycles. The van der Waals surface area contributed by atoms with Crippen molar-refractivity contribution in [2.75, 3.05) is 11.1 Å². The highest BCUT2D eigenvalue weighted by atomic mass is 19.1. The minimum atomic E-state index is -1.14. The first-order valence-corrected chi connectivity index (χ1v) is 5.08. The van der Waals surface area contributed by atoms with E-state index in [1.165, 1.54) is 36.4 Å². The van der Waals surface area contributed by atoms with Crippen LogP contribution in [-0.2, 0) is 0 Å². The van der Waals surface area contributed by atoms with Crippen molar-refractivity contribution in [2.24, 2.45) is 0 Å². The molecule has 0 aliphatic heterocycles. The van der Waals surface area contributed by atoms with Gasteiger partial charge in [0.15, 0.2) is 11.5 Å². The molecule has 0 fully saturated rings. The molecule has 5 nitrogen and oxygen atoms in total. The van der Waals surface area contributed by atoms with E-state index >= 15 is 0 Å². The highest BCUT2D eigenvalue weighted by molar-refractivity contribution is 5.87. The molecule has 0 bridgehead atoms. The molecule has 0 aliphatic rings. The van der Waals surface area contributed by atoms with Crippen LogP contribution < -0.4 is 11.1 Å². The van der Waals surface area contributed by atoms with Crippen molar-refractivity contribution in [1.82, 2.24) is 4.98 Å². The number of hydrogen-bond acceptors (Lipinski definition) is 4. The van der Waals surface area contributed by atoms with E-state index in [1.54, 1.807) is 0 Å². The number of carbonyl (C=O) groups is 1. The van der Waals surface area contributed by atoms with E-state index in [1.807, 2.05) is 0 Å². The Hall–Kier alpha value is -2.63. The second kappa shape index (κ2) is 4.70. The smallest absolute Gasteiger partial charge is 0.354 e. The van der Waals surface area contributed by atoms with Crippen molar-refractivity contribution in [3.05, 3.63) is 47.9 Å². The number of benzene rings is 1. The quantitative estimate of drug-likeness (QED) is 0.774. The summed E-state index contributed by atoms with van der Waals surface area (Å²) < 4.78 is 12.7. The lowest BCUT2D eigenvalue weighted by atomic mass is 10.3. The molecule has 0 amide bonds. The van der Waals surface area contributed by atoms with Crippen molar-refractivity contribution < 1.29 is 14.3 Å². The predicted octanol–water partition coefficient (Wildman–Crippen LogP) is 2.24. The van der Waals surface area contributed by atoms with Crippen LogP contribution >= 0.6 is 0 Å². The van der Waals surface area contributed by atoms with Crippen molar-refractivity contribution in [3.63, 3.8) is 0 Å². The maximum Gasteiger partial charge on any atom is 0.354 e. The number of aromatic nitrogens is 1. The summed E-state index contributed by atoms with van der Waals surface area (Å²) in [4.78, 5) is 14.6. The summed E-state index contributed by atoms with van der Waals surface area (Å²) in [5, 5.41) is 11.7. The zero-order valence-corrected chi connectivity index (χ0v) is 9.22. The van der Waals surface area contributed by atoms with Gasteiger partial charge in [-0.15, -0.1) is 0 Å². The summed E-state index contributed by atoms with van der Waals surface area (Å²) in [6.45, 7) is 0. The van der Waals surface area contributed by atoms with E-state index in [4.69, 9.17) is 10.8 Å². The largest absolute Gasteiger partial charge is 0.477 e. The maximum absolute atomic E-state index is 12.7. The van der Waals surface area contributed by atoms with Crippen LogP contribution in [0.15, 0.2) is 36.4 Å². The van der Waals surface area contributed by atoms with Crippen LogP contribution in [-0.4, -0.2) is 16.1 Å². The number of rotatable bonds is 3. The Kier molecular flexibility index (Phi) is 3.09. The first-order chi connectivity index (χ1) is 8.56. The van der Waals surface area contributed by atoms with Gasteiger partial charge in [0, 0.05) is 5.69 Å². The van der Waals surface area contributed by atoms with Crippen LogP contribution in [0.25, 0.3) is 0 Å². The van der Waals surface area contributed by atoms with Crippen LogP contribution in [0.1, 0.15) is 10.5 Å². The molecule has 0 spiro atoms.